The maximum absolute atomic E-state index is 12.1. The Morgan fingerprint density at radius 3 is 2.70 bits per heavy atom. The quantitative estimate of drug-likeness (QED) is 0.576. The van der Waals surface area contributed by atoms with Crippen LogP contribution in [0, 0.1) is 13.8 Å². The number of rotatable bonds is 7. The maximum Gasteiger partial charge on any atom is 0.229 e. The summed E-state index contributed by atoms with van der Waals surface area (Å²) in [7, 11) is 0. The first-order chi connectivity index (χ1) is 13.0. The van der Waals surface area contributed by atoms with Gasteiger partial charge in [-0.2, -0.15) is 0 Å². The number of carbonyl (C=O) groups excluding carboxylic acids is 1. The summed E-state index contributed by atoms with van der Waals surface area (Å²) in [6, 6.07) is 13.8. The van der Waals surface area contributed by atoms with Crippen LogP contribution in [0.5, 0.6) is 5.75 Å². The van der Waals surface area contributed by atoms with Crippen LogP contribution in [0.25, 0.3) is 0 Å². The van der Waals surface area contributed by atoms with Crippen LogP contribution in [0.3, 0.4) is 0 Å². The summed E-state index contributed by atoms with van der Waals surface area (Å²) in [4.78, 5) is 17.5. The highest BCUT2D eigenvalue weighted by Gasteiger charge is 2.08. The monoisotopic (exact) mass is 400 g/mol. The van der Waals surface area contributed by atoms with Crippen molar-refractivity contribution in [3.8, 4) is 5.75 Å². The van der Waals surface area contributed by atoms with E-state index in [1.54, 1.807) is 6.20 Å². The van der Waals surface area contributed by atoms with Crippen molar-refractivity contribution in [3.05, 3.63) is 75.3 Å². The molecule has 27 heavy (non-hydrogen) atoms. The van der Waals surface area contributed by atoms with Crippen LogP contribution in [-0.4, -0.2) is 17.5 Å². The Hall–Kier alpha value is -2.37. The fourth-order valence-corrected chi connectivity index (χ4v) is 3.83. The average molecular weight is 401 g/mol. The number of benzene rings is 2. The van der Waals surface area contributed by atoms with E-state index >= 15 is 0 Å². The molecule has 0 bridgehead atoms. The summed E-state index contributed by atoms with van der Waals surface area (Å²) >= 11 is 7.48. The predicted octanol–water partition coefficient (Wildman–Crippen LogP) is 5.41. The van der Waals surface area contributed by atoms with Crippen molar-refractivity contribution in [3.63, 3.8) is 0 Å². The summed E-state index contributed by atoms with van der Waals surface area (Å²) in [6.45, 7) is 4.38. The third-order valence-corrected chi connectivity index (χ3v) is 5.01. The van der Waals surface area contributed by atoms with Gasteiger partial charge in [-0.25, -0.2) is 4.98 Å². The molecule has 0 aliphatic carbocycles. The molecule has 0 aliphatic rings. The van der Waals surface area contributed by atoms with Crippen LogP contribution < -0.4 is 10.1 Å². The second-order valence-electron chi connectivity index (χ2n) is 6.41. The largest absolute Gasteiger partial charge is 0.493 e. The lowest BCUT2D eigenvalue weighted by atomic mass is 10.1. The molecule has 0 unspecified atom stereocenters. The summed E-state index contributed by atoms with van der Waals surface area (Å²) in [5.41, 5.74) is 3.40. The molecule has 0 saturated heterocycles. The summed E-state index contributed by atoms with van der Waals surface area (Å²) in [6.07, 6.45) is 2.80. The average Bonchev–Trinajstić information content (AvgIpc) is 3.00. The lowest BCUT2D eigenvalue weighted by molar-refractivity contribution is -0.116. The number of halogens is 1. The zero-order chi connectivity index (χ0) is 19.2. The highest BCUT2D eigenvalue weighted by atomic mass is 35.5. The van der Waals surface area contributed by atoms with Gasteiger partial charge in [0.15, 0.2) is 5.13 Å². The minimum atomic E-state index is -0.108. The van der Waals surface area contributed by atoms with Gasteiger partial charge in [0.2, 0.25) is 5.91 Å². The normalized spacial score (nSPS) is 10.6. The van der Waals surface area contributed by atoms with E-state index in [-0.39, 0.29) is 12.3 Å². The van der Waals surface area contributed by atoms with Crippen molar-refractivity contribution in [2.75, 3.05) is 11.9 Å². The second-order valence-corrected chi connectivity index (χ2v) is 7.96. The van der Waals surface area contributed by atoms with Crippen molar-refractivity contribution in [2.45, 2.75) is 26.7 Å². The molecular weight excluding hydrogens is 380 g/mol. The molecular formula is C21H21ClN2O2S. The molecule has 3 rings (SSSR count). The van der Waals surface area contributed by atoms with E-state index in [4.69, 9.17) is 16.3 Å². The van der Waals surface area contributed by atoms with E-state index in [0.29, 0.717) is 16.8 Å². The van der Waals surface area contributed by atoms with Gasteiger partial charge in [0.25, 0.3) is 0 Å². The van der Waals surface area contributed by atoms with E-state index in [0.717, 1.165) is 33.7 Å². The van der Waals surface area contributed by atoms with Gasteiger partial charge in [0.05, 0.1) is 13.0 Å². The van der Waals surface area contributed by atoms with Crippen LogP contribution >= 0.6 is 22.9 Å². The van der Waals surface area contributed by atoms with Gasteiger partial charge in [0.1, 0.15) is 5.75 Å². The predicted molar refractivity (Wildman–Crippen MR) is 111 cm³/mol. The molecule has 2 aromatic carbocycles. The molecule has 1 N–H and O–H groups in total. The minimum Gasteiger partial charge on any atom is -0.493 e. The zero-order valence-corrected chi connectivity index (χ0v) is 16.9. The molecule has 0 fully saturated rings. The van der Waals surface area contributed by atoms with Crippen molar-refractivity contribution in [1.82, 2.24) is 4.98 Å². The van der Waals surface area contributed by atoms with Crippen LogP contribution in [-0.2, 0) is 11.2 Å². The highest BCUT2D eigenvalue weighted by molar-refractivity contribution is 7.15. The fourth-order valence-electron chi connectivity index (χ4n) is 2.75. The number of amides is 1. The van der Waals surface area contributed by atoms with E-state index < -0.39 is 0 Å². The second kappa shape index (κ2) is 9.02. The Labute approximate surface area is 168 Å². The van der Waals surface area contributed by atoms with Crippen molar-refractivity contribution in [1.29, 1.82) is 0 Å². The number of thiazole rings is 1. The topological polar surface area (TPSA) is 51.2 Å². The van der Waals surface area contributed by atoms with Gasteiger partial charge in [-0.05, 0) is 54.8 Å². The van der Waals surface area contributed by atoms with Gasteiger partial charge in [-0.1, -0.05) is 29.8 Å². The first-order valence-electron chi connectivity index (χ1n) is 8.68. The molecule has 1 aromatic heterocycles. The van der Waals surface area contributed by atoms with Crippen molar-refractivity contribution >= 4 is 34.0 Å². The maximum atomic E-state index is 12.1. The number of aromatic nitrogens is 1. The molecule has 4 nitrogen and oxygen atoms in total. The molecule has 1 amide bonds. The van der Waals surface area contributed by atoms with Gasteiger partial charge in [-0.15, -0.1) is 11.3 Å². The molecule has 0 aliphatic heterocycles. The number of anilines is 1. The molecule has 0 atom stereocenters. The number of hydrogen-bond donors (Lipinski definition) is 1. The molecule has 1 heterocycles. The Morgan fingerprint density at radius 2 is 1.96 bits per heavy atom. The first kappa shape index (κ1) is 19.4. The highest BCUT2D eigenvalue weighted by Crippen LogP contribution is 2.22. The third-order valence-electron chi connectivity index (χ3n) is 3.86. The fraction of sp³-hybridized carbons (Fsp3) is 0.238. The number of carbonyl (C=O) groups is 1. The molecule has 0 saturated carbocycles. The van der Waals surface area contributed by atoms with E-state index in [1.807, 2.05) is 50.2 Å². The van der Waals surface area contributed by atoms with Gasteiger partial charge in [0, 0.05) is 22.5 Å². The summed E-state index contributed by atoms with van der Waals surface area (Å²) in [5.74, 6) is 0.682. The lowest BCUT2D eigenvalue weighted by Crippen LogP contribution is -2.15. The van der Waals surface area contributed by atoms with Crippen LogP contribution in [0.4, 0.5) is 5.13 Å². The number of ether oxygens (including phenoxy) is 1. The summed E-state index contributed by atoms with van der Waals surface area (Å²) < 4.78 is 5.68. The number of aryl methyl sites for hydroxylation is 2. The third kappa shape index (κ3) is 6.08. The molecule has 3 aromatic rings. The van der Waals surface area contributed by atoms with E-state index in [2.05, 4.69) is 16.4 Å². The van der Waals surface area contributed by atoms with Gasteiger partial charge >= 0.3 is 0 Å². The Bertz CT molecular complexity index is 919. The summed E-state index contributed by atoms with van der Waals surface area (Å²) in [5, 5.41) is 4.15. The molecule has 6 heteroatoms. The van der Waals surface area contributed by atoms with Gasteiger partial charge in [-0.3, -0.25) is 4.79 Å². The lowest BCUT2D eigenvalue weighted by Gasteiger charge is -2.08. The molecule has 140 valence electrons. The number of hydrogen-bond acceptors (Lipinski definition) is 4. The Balaban J connectivity index is 1.47. The van der Waals surface area contributed by atoms with Crippen LogP contribution in [0.1, 0.15) is 28.0 Å². The number of nitrogens with one attached hydrogen (secondary N) is 1. The van der Waals surface area contributed by atoms with Crippen molar-refractivity contribution < 1.29 is 9.53 Å². The van der Waals surface area contributed by atoms with Crippen LogP contribution in [0.15, 0.2) is 48.7 Å². The SMILES string of the molecule is Cc1cc(C)cc(OCCC(=O)Nc2ncc(Cc3cccc(Cl)c3)s2)c1. The Kier molecular flexibility index (Phi) is 6.48. The van der Waals surface area contributed by atoms with Crippen molar-refractivity contribution in [2.24, 2.45) is 0 Å². The standard InChI is InChI=1S/C21H21ClN2O2S/c1-14-8-15(2)10-18(9-14)26-7-6-20(25)24-21-23-13-19(27-21)12-16-4-3-5-17(22)11-16/h3-5,8-11,13H,6-7,12H2,1-2H3,(H,23,24,25). The molecule has 0 spiro atoms. The minimum absolute atomic E-state index is 0.108. The van der Waals surface area contributed by atoms with E-state index in [1.165, 1.54) is 11.3 Å². The van der Waals surface area contributed by atoms with Gasteiger partial charge < -0.3 is 10.1 Å². The number of nitrogens with zero attached hydrogens (tertiary/aromatic N) is 1. The molecule has 0 radical (unpaired) electrons. The first-order valence-corrected chi connectivity index (χ1v) is 9.87. The smallest absolute Gasteiger partial charge is 0.229 e. The van der Waals surface area contributed by atoms with Crippen LogP contribution in [0.2, 0.25) is 5.02 Å². The van der Waals surface area contributed by atoms with E-state index in [9.17, 15) is 4.79 Å². The zero-order valence-electron chi connectivity index (χ0n) is 15.3. The Morgan fingerprint density at radius 1 is 1.19 bits per heavy atom.